The maximum absolute atomic E-state index is 12.6. The fraction of sp³-hybridized carbons (Fsp3) is 0.0556. The van der Waals surface area contributed by atoms with Crippen molar-refractivity contribution in [3.63, 3.8) is 0 Å². The van der Waals surface area contributed by atoms with Crippen LogP contribution in [-0.4, -0.2) is 5.91 Å². The van der Waals surface area contributed by atoms with Crippen molar-refractivity contribution in [3.8, 4) is 0 Å². The van der Waals surface area contributed by atoms with Crippen molar-refractivity contribution >= 4 is 34.0 Å². The van der Waals surface area contributed by atoms with Gasteiger partial charge < -0.3 is 4.90 Å². The monoisotopic (exact) mass is 293 g/mol. The molecule has 3 heteroatoms. The van der Waals surface area contributed by atoms with Gasteiger partial charge in [0.2, 0.25) is 0 Å². The molecule has 0 unspecified atom stereocenters. The molecule has 2 nitrogen and oxygen atoms in total. The predicted octanol–water partition coefficient (Wildman–Crippen LogP) is 4.65. The van der Waals surface area contributed by atoms with Crippen LogP contribution in [0.1, 0.15) is 15.9 Å². The van der Waals surface area contributed by atoms with E-state index in [0.717, 1.165) is 27.6 Å². The van der Waals surface area contributed by atoms with Crippen LogP contribution >= 0.6 is 11.6 Å². The first-order valence-electron chi connectivity index (χ1n) is 6.82. The molecule has 0 aliphatic carbocycles. The van der Waals surface area contributed by atoms with Gasteiger partial charge in [-0.25, -0.2) is 0 Å². The van der Waals surface area contributed by atoms with Gasteiger partial charge in [-0.3, -0.25) is 4.79 Å². The molecule has 0 bridgehead atoms. The second kappa shape index (κ2) is 4.61. The molecule has 3 aromatic carbocycles. The average Bonchev–Trinajstić information content (AvgIpc) is 2.78. The summed E-state index contributed by atoms with van der Waals surface area (Å²) >= 11 is 5.91. The molecule has 1 amide bonds. The van der Waals surface area contributed by atoms with E-state index in [2.05, 4.69) is 0 Å². The zero-order valence-electron chi connectivity index (χ0n) is 11.2. The molecule has 0 spiro atoms. The highest BCUT2D eigenvalue weighted by Gasteiger charge is 2.29. The molecule has 1 aliphatic rings. The third-order valence-electron chi connectivity index (χ3n) is 3.90. The van der Waals surface area contributed by atoms with Gasteiger partial charge in [-0.1, -0.05) is 48.0 Å². The van der Waals surface area contributed by atoms with Gasteiger partial charge in [0.15, 0.2) is 0 Å². The minimum atomic E-state index is 0.0664. The Hall–Kier alpha value is -2.32. The predicted molar refractivity (Wildman–Crippen MR) is 85.9 cm³/mol. The standard InChI is InChI=1S/C18H12ClNO/c19-14-9-7-12(8-10-14)11-20-16-6-2-4-13-3-1-5-15(17(13)16)18(20)21/h1-10H,11H2. The summed E-state index contributed by atoms with van der Waals surface area (Å²) in [6.45, 7) is 0.559. The third kappa shape index (κ3) is 1.91. The molecule has 0 atom stereocenters. The highest BCUT2D eigenvalue weighted by atomic mass is 35.5. The molecule has 102 valence electrons. The van der Waals surface area contributed by atoms with Crippen molar-refractivity contribution in [1.29, 1.82) is 0 Å². The van der Waals surface area contributed by atoms with Gasteiger partial charge in [-0.2, -0.15) is 0 Å². The van der Waals surface area contributed by atoms with E-state index in [0.29, 0.717) is 11.6 Å². The highest BCUT2D eigenvalue weighted by Crippen LogP contribution is 2.37. The van der Waals surface area contributed by atoms with Crippen LogP contribution in [0.4, 0.5) is 5.69 Å². The Kier molecular flexibility index (Phi) is 2.72. The molecule has 0 N–H and O–H groups in total. The molecule has 21 heavy (non-hydrogen) atoms. The Morgan fingerprint density at radius 3 is 2.38 bits per heavy atom. The zero-order chi connectivity index (χ0) is 14.4. The smallest absolute Gasteiger partial charge is 0.259 e. The zero-order valence-corrected chi connectivity index (χ0v) is 12.0. The van der Waals surface area contributed by atoms with Gasteiger partial charge >= 0.3 is 0 Å². The Morgan fingerprint density at radius 2 is 1.62 bits per heavy atom. The fourth-order valence-corrected chi connectivity index (χ4v) is 3.03. The topological polar surface area (TPSA) is 20.3 Å². The van der Waals surface area contributed by atoms with Crippen LogP contribution < -0.4 is 4.90 Å². The summed E-state index contributed by atoms with van der Waals surface area (Å²) in [7, 11) is 0. The second-order valence-electron chi connectivity index (χ2n) is 5.20. The van der Waals surface area contributed by atoms with Crippen molar-refractivity contribution in [2.24, 2.45) is 0 Å². The Balaban J connectivity index is 1.80. The SMILES string of the molecule is O=C1c2cccc3cccc(c23)N1Cc1ccc(Cl)cc1. The first kappa shape index (κ1) is 12.4. The molecule has 0 fully saturated rings. The molecule has 0 saturated heterocycles. The molecule has 0 aromatic heterocycles. The summed E-state index contributed by atoms with van der Waals surface area (Å²) in [5.74, 6) is 0.0664. The number of amides is 1. The first-order chi connectivity index (χ1) is 10.2. The van der Waals surface area contributed by atoms with Crippen LogP contribution in [0.3, 0.4) is 0 Å². The number of hydrogen-bond donors (Lipinski definition) is 0. The lowest BCUT2D eigenvalue weighted by Gasteiger charge is -2.17. The molecular formula is C18H12ClNO. The third-order valence-corrected chi connectivity index (χ3v) is 4.15. The van der Waals surface area contributed by atoms with Gasteiger partial charge in [-0.05, 0) is 35.2 Å². The number of anilines is 1. The average molecular weight is 294 g/mol. The van der Waals surface area contributed by atoms with Crippen LogP contribution in [0, 0.1) is 0 Å². The lowest BCUT2D eigenvalue weighted by Crippen LogP contribution is -2.25. The molecule has 0 radical (unpaired) electrons. The Labute approximate surface area is 127 Å². The van der Waals surface area contributed by atoms with Crippen LogP contribution in [0.25, 0.3) is 10.8 Å². The van der Waals surface area contributed by atoms with Crippen molar-refractivity contribution in [2.45, 2.75) is 6.54 Å². The van der Waals surface area contributed by atoms with Gasteiger partial charge in [0.05, 0.1) is 12.2 Å². The van der Waals surface area contributed by atoms with Crippen molar-refractivity contribution < 1.29 is 4.79 Å². The Morgan fingerprint density at radius 1 is 0.905 bits per heavy atom. The normalized spacial score (nSPS) is 13.2. The summed E-state index contributed by atoms with van der Waals surface area (Å²) < 4.78 is 0. The summed E-state index contributed by atoms with van der Waals surface area (Å²) in [5.41, 5.74) is 2.85. The van der Waals surface area contributed by atoms with Crippen molar-refractivity contribution in [1.82, 2.24) is 0 Å². The Bertz CT molecular complexity index is 849. The minimum Gasteiger partial charge on any atom is -0.303 e. The van der Waals surface area contributed by atoms with Crippen molar-refractivity contribution in [3.05, 3.63) is 76.8 Å². The highest BCUT2D eigenvalue weighted by molar-refractivity contribution is 6.30. The summed E-state index contributed by atoms with van der Waals surface area (Å²) in [6, 6.07) is 19.5. The van der Waals surface area contributed by atoms with Crippen LogP contribution in [0.15, 0.2) is 60.7 Å². The molecule has 3 aromatic rings. The molecular weight excluding hydrogens is 282 g/mol. The van der Waals surface area contributed by atoms with Gasteiger partial charge in [0.1, 0.15) is 0 Å². The summed E-state index contributed by atoms with van der Waals surface area (Å²) in [4.78, 5) is 14.5. The number of nitrogens with zero attached hydrogens (tertiary/aromatic N) is 1. The fourth-order valence-electron chi connectivity index (χ4n) is 2.91. The first-order valence-corrected chi connectivity index (χ1v) is 7.20. The number of carbonyl (C=O) groups excluding carboxylic acids is 1. The largest absolute Gasteiger partial charge is 0.303 e. The number of carbonyl (C=O) groups is 1. The van der Waals surface area contributed by atoms with E-state index in [1.165, 1.54) is 0 Å². The van der Waals surface area contributed by atoms with E-state index in [4.69, 9.17) is 11.6 Å². The second-order valence-corrected chi connectivity index (χ2v) is 5.64. The van der Waals surface area contributed by atoms with Crippen LogP contribution in [0.5, 0.6) is 0 Å². The van der Waals surface area contributed by atoms with Gasteiger partial charge in [0, 0.05) is 16.0 Å². The lowest BCUT2D eigenvalue weighted by atomic mass is 10.1. The maximum Gasteiger partial charge on any atom is 0.259 e. The number of halogens is 1. The van der Waals surface area contributed by atoms with Gasteiger partial charge in [-0.15, -0.1) is 0 Å². The van der Waals surface area contributed by atoms with Crippen LogP contribution in [0.2, 0.25) is 5.02 Å². The van der Waals surface area contributed by atoms with E-state index >= 15 is 0 Å². The van der Waals surface area contributed by atoms with E-state index in [1.807, 2.05) is 65.6 Å². The van der Waals surface area contributed by atoms with Crippen LogP contribution in [-0.2, 0) is 6.54 Å². The molecule has 1 aliphatic heterocycles. The van der Waals surface area contributed by atoms with E-state index in [1.54, 1.807) is 0 Å². The maximum atomic E-state index is 12.6. The van der Waals surface area contributed by atoms with E-state index in [9.17, 15) is 4.79 Å². The number of rotatable bonds is 2. The number of benzene rings is 3. The molecule has 4 rings (SSSR count). The molecule has 0 saturated carbocycles. The van der Waals surface area contributed by atoms with E-state index in [-0.39, 0.29) is 5.91 Å². The lowest BCUT2D eigenvalue weighted by molar-refractivity contribution is 0.0991. The minimum absolute atomic E-state index is 0.0664. The van der Waals surface area contributed by atoms with E-state index < -0.39 is 0 Å². The quantitative estimate of drug-likeness (QED) is 0.673. The van der Waals surface area contributed by atoms with Gasteiger partial charge in [0.25, 0.3) is 5.91 Å². The summed E-state index contributed by atoms with van der Waals surface area (Å²) in [6.07, 6.45) is 0. The summed E-state index contributed by atoms with van der Waals surface area (Å²) in [5, 5.41) is 2.87. The number of hydrogen-bond acceptors (Lipinski definition) is 1. The van der Waals surface area contributed by atoms with Crippen molar-refractivity contribution in [2.75, 3.05) is 4.90 Å². The molecule has 1 heterocycles.